The summed E-state index contributed by atoms with van der Waals surface area (Å²) in [7, 11) is 0. The minimum atomic E-state index is -0.222. The highest BCUT2D eigenvalue weighted by atomic mass is 16.5. The number of benzene rings is 1. The van der Waals surface area contributed by atoms with Crippen molar-refractivity contribution in [3.63, 3.8) is 0 Å². The van der Waals surface area contributed by atoms with E-state index in [1.807, 2.05) is 42.5 Å². The standard InChI is InChI=1S/C17H18N4O2/c22-17-20-13-7-4-8-19-16(13)21(17)15(12-5-2-1-3-6-12)14-11-18-9-10-23-14/h1-8,14-15,18H,9-11H2,(H,20,22). The topological polar surface area (TPSA) is 71.9 Å². The van der Waals surface area contributed by atoms with Crippen molar-refractivity contribution in [3.8, 4) is 0 Å². The van der Waals surface area contributed by atoms with Crippen LogP contribution in [0.2, 0.25) is 0 Å². The van der Waals surface area contributed by atoms with Crippen LogP contribution in [-0.2, 0) is 4.74 Å². The number of morpholine rings is 1. The van der Waals surface area contributed by atoms with Crippen molar-refractivity contribution in [2.45, 2.75) is 12.1 Å². The van der Waals surface area contributed by atoms with Crippen molar-refractivity contribution in [1.82, 2.24) is 19.9 Å². The molecule has 118 valence electrons. The molecule has 0 radical (unpaired) electrons. The van der Waals surface area contributed by atoms with Crippen LogP contribution in [0.15, 0.2) is 53.5 Å². The molecule has 0 amide bonds. The van der Waals surface area contributed by atoms with Gasteiger partial charge in [0.05, 0.1) is 24.3 Å². The van der Waals surface area contributed by atoms with E-state index in [0.717, 1.165) is 17.6 Å². The largest absolute Gasteiger partial charge is 0.373 e. The number of aromatic amines is 1. The van der Waals surface area contributed by atoms with Crippen molar-refractivity contribution < 1.29 is 4.74 Å². The van der Waals surface area contributed by atoms with Gasteiger partial charge in [-0.2, -0.15) is 0 Å². The maximum Gasteiger partial charge on any atom is 0.328 e. The molecule has 0 saturated carbocycles. The normalized spacial score (nSPS) is 19.7. The lowest BCUT2D eigenvalue weighted by molar-refractivity contribution is 0.00487. The van der Waals surface area contributed by atoms with Crippen molar-refractivity contribution in [1.29, 1.82) is 0 Å². The molecule has 2 N–H and O–H groups in total. The van der Waals surface area contributed by atoms with Crippen LogP contribution in [0.3, 0.4) is 0 Å². The summed E-state index contributed by atoms with van der Waals surface area (Å²) in [6.45, 7) is 2.17. The number of pyridine rings is 1. The van der Waals surface area contributed by atoms with Gasteiger partial charge in [-0.15, -0.1) is 0 Å². The second-order valence-corrected chi connectivity index (χ2v) is 5.64. The van der Waals surface area contributed by atoms with Crippen molar-refractivity contribution in [2.75, 3.05) is 19.7 Å². The Morgan fingerprint density at radius 1 is 1.22 bits per heavy atom. The molecule has 1 aliphatic heterocycles. The van der Waals surface area contributed by atoms with E-state index < -0.39 is 0 Å². The van der Waals surface area contributed by atoms with Gasteiger partial charge in [-0.3, -0.25) is 4.57 Å². The molecule has 6 nitrogen and oxygen atoms in total. The van der Waals surface area contributed by atoms with Crippen molar-refractivity contribution in [3.05, 3.63) is 64.7 Å². The van der Waals surface area contributed by atoms with Gasteiger partial charge in [0.2, 0.25) is 0 Å². The maximum atomic E-state index is 12.6. The molecule has 3 aromatic rings. The van der Waals surface area contributed by atoms with Crippen LogP contribution < -0.4 is 11.0 Å². The SMILES string of the molecule is O=c1[nH]c2cccnc2n1C(c1ccccc1)C1CNCCO1. The van der Waals surface area contributed by atoms with E-state index in [9.17, 15) is 4.79 Å². The van der Waals surface area contributed by atoms with Gasteiger partial charge in [0.15, 0.2) is 5.65 Å². The van der Waals surface area contributed by atoms with E-state index >= 15 is 0 Å². The fraction of sp³-hybridized carbons (Fsp3) is 0.294. The zero-order valence-corrected chi connectivity index (χ0v) is 12.6. The molecular weight excluding hydrogens is 292 g/mol. The van der Waals surface area contributed by atoms with Gasteiger partial charge in [-0.05, 0) is 17.7 Å². The van der Waals surface area contributed by atoms with Gasteiger partial charge in [0.25, 0.3) is 0 Å². The molecule has 2 unspecified atom stereocenters. The molecule has 1 aromatic carbocycles. The maximum absolute atomic E-state index is 12.6. The van der Waals surface area contributed by atoms with Crippen LogP contribution in [-0.4, -0.2) is 40.3 Å². The Kier molecular flexibility index (Phi) is 3.69. The Hall–Kier alpha value is -2.44. The van der Waals surface area contributed by atoms with Crippen LogP contribution in [0.5, 0.6) is 0 Å². The summed E-state index contributed by atoms with van der Waals surface area (Å²) in [4.78, 5) is 19.9. The van der Waals surface area contributed by atoms with Gasteiger partial charge in [-0.1, -0.05) is 30.3 Å². The monoisotopic (exact) mass is 310 g/mol. The number of H-pyrrole nitrogens is 1. The number of aromatic nitrogens is 3. The predicted molar refractivity (Wildman–Crippen MR) is 87.5 cm³/mol. The van der Waals surface area contributed by atoms with Crippen LogP contribution in [0, 0.1) is 0 Å². The number of hydrogen-bond donors (Lipinski definition) is 2. The van der Waals surface area contributed by atoms with E-state index in [1.165, 1.54) is 0 Å². The molecule has 4 rings (SSSR count). The minimum Gasteiger partial charge on any atom is -0.373 e. The second-order valence-electron chi connectivity index (χ2n) is 5.64. The lowest BCUT2D eigenvalue weighted by Gasteiger charge is -2.31. The van der Waals surface area contributed by atoms with E-state index in [1.54, 1.807) is 10.8 Å². The molecule has 1 fully saturated rings. The number of ether oxygens (including phenoxy) is 1. The van der Waals surface area contributed by atoms with Gasteiger partial charge in [0, 0.05) is 19.3 Å². The first-order valence-electron chi connectivity index (χ1n) is 7.77. The number of imidazole rings is 1. The first kappa shape index (κ1) is 14.2. The number of rotatable bonds is 3. The van der Waals surface area contributed by atoms with E-state index in [0.29, 0.717) is 18.8 Å². The summed E-state index contributed by atoms with van der Waals surface area (Å²) in [6.07, 6.45) is 1.58. The van der Waals surface area contributed by atoms with Gasteiger partial charge in [-0.25, -0.2) is 9.78 Å². The van der Waals surface area contributed by atoms with Crippen LogP contribution in [0.1, 0.15) is 11.6 Å². The number of hydrogen-bond acceptors (Lipinski definition) is 4. The lowest BCUT2D eigenvalue weighted by atomic mass is 10.00. The van der Waals surface area contributed by atoms with Gasteiger partial charge < -0.3 is 15.0 Å². The first-order chi connectivity index (χ1) is 11.3. The van der Waals surface area contributed by atoms with E-state index in [-0.39, 0.29) is 17.8 Å². The lowest BCUT2D eigenvalue weighted by Crippen LogP contribution is -2.45. The van der Waals surface area contributed by atoms with Gasteiger partial charge in [0.1, 0.15) is 0 Å². The Morgan fingerprint density at radius 3 is 2.87 bits per heavy atom. The fourth-order valence-electron chi connectivity index (χ4n) is 3.18. The molecule has 0 spiro atoms. The third kappa shape index (κ3) is 2.56. The van der Waals surface area contributed by atoms with E-state index in [2.05, 4.69) is 15.3 Å². The van der Waals surface area contributed by atoms with Crippen molar-refractivity contribution in [2.24, 2.45) is 0 Å². The number of fused-ring (bicyclic) bond motifs is 1. The summed E-state index contributed by atoms with van der Waals surface area (Å²) in [6, 6.07) is 13.4. The van der Waals surface area contributed by atoms with Crippen LogP contribution >= 0.6 is 0 Å². The number of nitrogens with zero attached hydrogens (tertiary/aromatic N) is 2. The molecule has 1 aliphatic rings. The zero-order valence-electron chi connectivity index (χ0n) is 12.6. The third-order valence-electron chi connectivity index (χ3n) is 4.20. The average molecular weight is 310 g/mol. The molecule has 6 heteroatoms. The highest BCUT2D eigenvalue weighted by Gasteiger charge is 2.30. The number of nitrogens with one attached hydrogen (secondary N) is 2. The highest BCUT2D eigenvalue weighted by Crippen LogP contribution is 2.26. The summed E-state index contributed by atoms with van der Waals surface area (Å²) >= 11 is 0. The first-order valence-corrected chi connectivity index (χ1v) is 7.77. The minimum absolute atomic E-state index is 0.121. The molecule has 2 atom stereocenters. The van der Waals surface area contributed by atoms with Gasteiger partial charge >= 0.3 is 5.69 Å². The fourth-order valence-corrected chi connectivity index (χ4v) is 3.18. The van der Waals surface area contributed by atoms with Crippen LogP contribution in [0.25, 0.3) is 11.2 Å². The predicted octanol–water partition coefficient (Wildman–Crippen LogP) is 1.30. The molecule has 0 aliphatic carbocycles. The summed E-state index contributed by atoms with van der Waals surface area (Å²) in [5.41, 5.74) is 2.26. The Bertz CT molecular complexity index is 850. The molecule has 1 saturated heterocycles. The summed E-state index contributed by atoms with van der Waals surface area (Å²) in [5, 5.41) is 3.34. The van der Waals surface area contributed by atoms with Crippen molar-refractivity contribution >= 4 is 11.2 Å². The molecular formula is C17H18N4O2. The summed E-state index contributed by atoms with van der Waals surface area (Å²) in [5.74, 6) is 0. The highest BCUT2D eigenvalue weighted by molar-refractivity contribution is 5.70. The Morgan fingerprint density at radius 2 is 2.09 bits per heavy atom. The molecule has 0 bridgehead atoms. The molecule has 23 heavy (non-hydrogen) atoms. The van der Waals surface area contributed by atoms with Crippen LogP contribution in [0.4, 0.5) is 0 Å². The molecule has 3 heterocycles. The molecule has 2 aromatic heterocycles. The Balaban J connectivity index is 1.90. The average Bonchev–Trinajstić information content (AvgIpc) is 2.94. The van der Waals surface area contributed by atoms with E-state index in [4.69, 9.17) is 4.74 Å². The quantitative estimate of drug-likeness (QED) is 0.765. The smallest absolute Gasteiger partial charge is 0.328 e. The second kappa shape index (κ2) is 5.98. The Labute approximate surface area is 133 Å². The third-order valence-corrected chi connectivity index (χ3v) is 4.20. The zero-order chi connectivity index (χ0) is 15.6. The summed E-state index contributed by atoms with van der Waals surface area (Å²) < 4.78 is 7.67.